The van der Waals surface area contributed by atoms with Crippen molar-refractivity contribution in [3.63, 3.8) is 0 Å². The number of likely N-dealkylation sites (N-methyl/N-ethyl adjacent to an activating group) is 1. The highest BCUT2D eigenvalue weighted by Gasteiger charge is 2.14. The summed E-state index contributed by atoms with van der Waals surface area (Å²) in [4.78, 5) is 13.5. The number of ether oxygens (including phenoxy) is 1. The van der Waals surface area contributed by atoms with E-state index in [-0.39, 0.29) is 18.3 Å². The van der Waals surface area contributed by atoms with Crippen LogP contribution in [-0.4, -0.2) is 37.0 Å². The smallest absolute Gasteiger partial charge is 0.260 e. The number of carbonyl (C=O) groups excluding carboxylic acids is 1. The first-order valence-electron chi connectivity index (χ1n) is 6.52. The van der Waals surface area contributed by atoms with E-state index in [4.69, 9.17) is 10.5 Å². The molecule has 0 aliphatic carbocycles. The Kier molecular flexibility index (Phi) is 6.29. The number of hydrogen-bond acceptors (Lipinski definition) is 3. The van der Waals surface area contributed by atoms with Crippen LogP contribution in [0, 0.1) is 5.82 Å². The van der Waals surface area contributed by atoms with Crippen molar-refractivity contribution < 1.29 is 13.9 Å². The van der Waals surface area contributed by atoms with E-state index in [1.54, 1.807) is 17.0 Å². The fourth-order valence-corrected chi connectivity index (χ4v) is 1.87. The monoisotopic (exact) mass is 268 g/mol. The third-order valence-electron chi connectivity index (χ3n) is 2.92. The first kappa shape index (κ1) is 15.4. The van der Waals surface area contributed by atoms with Gasteiger partial charge in [-0.15, -0.1) is 0 Å². The number of amides is 1. The van der Waals surface area contributed by atoms with Crippen LogP contribution in [-0.2, 0) is 11.2 Å². The van der Waals surface area contributed by atoms with Crippen LogP contribution in [0.1, 0.15) is 19.4 Å². The van der Waals surface area contributed by atoms with Gasteiger partial charge >= 0.3 is 0 Å². The van der Waals surface area contributed by atoms with Crippen LogP contribution in [0.25, 0.3) is 0 Å². The number of nitrogens with zero attached hydrogens (tertiary/aromatic N) is 1. The van der Waals surface area contributed by atoms with Gasteiger partial charge in [-0.3, -0.25) is 4.79 Å². The SMILES string of the molecule is CCN(CC)C(=O)COc1c(F)cccc1CCN. The molecule has 106 valence electrons. The third-order valence-corrected chi connectivity index (χ3v) is 2.92. The van der Waals surface area contributed by atoms with E-state index >= 15 is 0 Å². The second-order valence-corrected chi connectivity index (χ2v) is 4.12. The minimum atomic E-state index is -0.460. The summed E-state index contributed by atoms with van der Waals surface area (Å²) in [7, 11) is 0. The zero-order valence-electron chi connectivity index (χ0n) is 11.5. The fraction of sp³-hybridized carbons (Fsp3) is 0.500. The van der Waals surface area contributed by atoms with Crippen molar-refractivity contribution in [1.29, 1.82) is 0 Å². The molecule has 0 heterocycles. The molecule has 0 atom stereocenters. The molecule has 0 bridgehead atoms. The standard InChI is InChI=1S/C14H21FN2O2/c1-3-17(4-2)13(18)10-19-14-11(8-9-16)6-5-7-12(14)15/h5-7H,3-4,8-10,16H2,1-2H3. The minimum absolute atomic E-state index is 0.133. The van der Waals surface area contributed by atoms with E-state index in [9.17, 15) is 9.18 Å². The van der Waals surface area contributed by atoms with Gasteiger partial charge in [-0.2, -0.15) is 0 Å². The normalized spacial score (nSPS) is 10.3. The average molecular weight is 268 g/mol. The van der Waals surface area contributed by atoms with Gasteiger partial charge in [0.2, 0.25) is 0 Å². The summed E-state index contributed by atoms with van der Waals surface area (Å²) < 4.78 is 19.0. The van der Waals surface area contributed by atoms with E-state index < -0.39 is 5.82 Å². The summed E-state index contributed by atoms with van der Waals surface area (Å²) in [5.41, 5.74) is 6.16. The molecule has 0 radical (unpaired) electrons. The molecule has 2 N–H and O–H groups in total. The number of carbonyl (C=O) groups is 1. The Morgan fingerprint density at radius 2 is 2.05 bits per heavy atom. The molecule has 0 spiro atoms. The largest absolute Gasteiger partial charge is 0.480 e. The molecule has 19 heavy (non-hydrogen) atoms. The first-order valence-corrected chi connectivity index (χ1v) is 6.52. The Labute approximate surface area is 113 Å². The highest BCUT2D eigenvalue weighted by atomic mass is 19.1. The molecule has 1 aromatic carbocycles. The lowest BCUT2D eigenvalue weighted by molar-refractivity contribution is -0.133. The number of benzene rings is 1. The quantitative estimate of drug-likeness (QED) is 0.816. The Bertz CT molecular complexity index is 420. The van der Waals surface area contributed by atoms with Crippen molar-refractivity contribution in [2.24, 2.45) is 5.73 Å². The van der Waals surface area contributed by atoms with Gasteiger partial charge in [0.25, 0.3) is 5.91 Å². The molecule has 0 aliphatic heterocycles. The topological polar surface area (TPSA) is 55.6 Å². The number of nitrogens with two attached hydrogens (primary N) is 1. The van der Waals surface area contributed by atoms with Gasteiger partial charge < -0.3 is 15.4 Å². The lowest BCUT2D eigenvalue weighted by Crippen LogP contribution is -2.34. The molecule has 0 saturated heterocycles. The third kappa shape index (κ3) is 4.21. The Balaban J connectivity index is 2.74. The average Bonchev–Trinajstić information content (AvgIpc) is 2.40. The second kappa shape index (κ2) is 7.74. The summed E-state index contributed by atoms with van der Waals surface area (Å²) in [5.74, 6) is -0.473. The summed E-state index contributed by atoms with van der Waals surface area (Å²) in [5, 5.41) is 0. The van der Waals surface area contributed by atoms with Crippen molar-refractivity contribution in [3.05, 3.63) is 29.6 Å². The number of hydrogen-bond donors (Lipinski definition) is 1. The van der Waals surface area contributed by atoms with Crippen molar-refractivity contribution in [2.45, 2.75) is 20.3 Å². The van der Waals surface area contributed by atoms with Crippen molar-refractivity contribution in [2.75, 3.05) is 26.2 Å². The minimum Gasteiger partial charge on any atom is -0.480 e. The summed E-state index contributed by atoms with van der Waals surface area (Å²) in [6.45, 7) is 5.27. The zero-order chi connectivity index (χ0) is 14.3. The van der Waals surface area contributed by atoms with Gasteiger partial charge in [0, 0.05) is 13.1 Å². The van der Waals surface area contributed by atoms with Crippen molar-refractivity contribution in [3.8, 4) is 5.75 Å². The summed E-state index contributed by atoms with van der Waals surface area (Å²) in [6, 6.07) is 4.68. The van der Waals surface area contributed by atoms with Crippen molar-refractivity contribution in [1.82, 2.24) is 4.90 Å². The van der Waals surface area contributed by atoms with Crippen LogP contribution in [0.5, 0.6) is 5.75 Å². The lowest BCUT2D eigenvalue weighted by atomic mass is 10.1. The van der Waals surface area contributed by atoms with Crippen LogP contribution in [0.4, 0.5) is 4.39 Å². The first-order chi connectivity index (χ1) is 9.13. The van der Waals surface area contributed by atoms with Crippen LogP contribution in [0.15, 0.2) is 18.2 Å². The van der Waals surface area contributed by atoms with Crippen LogP contribution < -0.4 is 10.5 Å². The molecule has 0 aromatic heterocycles. The molecule has 4 nitrogen and oxygen atoms in total. The molecule has 5 heteroatoms. The second-order valence-electron chi connectivity index (χ2n) is 4.12. The van der Waals surface area contributed by atoms with Gasteiger partial charge in [0.1, 0.15) is 0 Å². The molecule has 0 fully saturated rings. The van der Waals surface area contributed by atoms with Gasteiger partial charge in [-0.25, -0.2) is 4.39 Å². The zero-order valence-corrected chi connectivity index (χ0v) is 11.5. The fourth-order valence-electron chi connectivity index (χ4n) is 1.87. The maximum atomic E-state index is 13.7. The summed E-state index contributed by atoms with van der Waals surface area (Å²) >= 11 is 0. The molecular weight excluding hydrogens is 247 g/mol. The van der Waals surface area contributed by atoms with Crippen LogP contribution in [0.2, 0.25) is 0 Å². The van der Waals surface area contributed by atoms with Gasteiger partial charge in [0.05, 0.1) is 0 Å². The molecule has 1 amide bonds. The highest BCUT2D eigenvalue weighted by Crippen LogP contribution is 2.23. The van der Waals surface area contributed by atoms with Gasteiger partial charge in [0.15, 0.2) is 18.2 Å². The molecule has 0 unspecified atom stereocenters. The predicted molar refractivity (Wildman–Crippen MR) is 72.6 cm³/mol. The highest BCUT2D eigenvalue weighted by molar-refractivity contribution is 5.77. The number of halogens is 1. The predicted octanol–water partition coefficient (Wildman–Crippen LogP) is 1.57. The molecule has 1 rings (SSSR count). The number of para-hydroxylation sites is 1. The van der Waals surface area contributed by atoms with E-state index in [1.165, 1.54) is 6.07 Å². The maximum Gasteiger partial charge on any atom is 0.260 e. The maximum absolute atomic E-state index is 13.7. The lowest BCUT2D eigenvalue weighted by Gasteiger charge is -2.19. The molecule has 0 saturated carbocycles. The Morgan fingerprint density at radius 3 is 2.63 bits per heavy atom. The van der Waals surface area contributed by atoms with Crippen LogP contribution >= 0.6 is 0 Å². The Hall–Kier alpha value is -1.62. The van der Waals surface area contributed by atoms with Gasteiger partial charge in [-0.05, 0) is 38.4 Å². The number of rotatable bonds is 7. The van der Waals surface area contributed by atoms with E-state index in [1.807, 2.05) is 13.8 Å². The molecular formula is C14H21FN2O2. The van der Waals surface area contributed by atoms with Gasteiger partial charge in [-0.1, -0.05) is 12.1 Å². The van der Waals surface area contributed by atoms with Crippen molar-refractivity contribution >= 4 is 5.91 Å². The Morgan fingerprint density at radius 1 is 1.37 bits per heavy atom. The molecule has 0 aliphatic rings. The molecule has 1 aromatic rings. The van der Waals surface area contributed by atoms with Crippen LogP contribution in [0.3, 0.4) is 0 Å². The van der Waals surface area contributed by atoms with E-state index in [2.05, 4.69) is 0 Å². The van der Waals surface area contributed by atoms with E-state index in [0.29, 0.717) is 31.6 Å². The van der Waals surface area contributed by atoms with E-state index in [0.717, 1.165) is 0 Å². The summed E-state index contributed by atoms with van der Waals surface area (Å²) in [6.07, 6.45) is 0.520.